The summed E-state index contributed by atoms with van der Waals surface area (Å²) < 4.78 is 0. The summed E-state index contributed by atoms with van der Waals surface area (Å²) in [6.45, 7) is 0. The lowest BCUT2D eigenvalue weighted by Gasteiger charge is -2.02. The zero-order valence-corrected chi connectivity index (χ0v) is 9.61. The Morgan fingerprint density at radius 2 is 1.81 bits per heavy atom. The van der Waals surface area contributed by atoms with Gasteiger partial charge in [0.05, 0.1) is 0 Å². The molecule has 1 aliphatic carbocycles. The monoisotopic (exact) mass is 214 g/mol. The van der Waals surface area contributed by atoms with Crippen molar-refractivity contribution in [3.05, 3.63) is 47.5 Å². The molecule has 0 bridgehead atoms. The van der Waals surface area contributed by atoms with Gasteiger partial charge in [-0.3, -0.25) is 4.79 Å². The van der Waals surface area contributed by atoms with Crippen LogP contribution in [0, 0.1) is 0 Å². The fraction of sp³-hybridized carbons (Fsp3) is 0.400. The zero-order valence-electron chi connectivity index (χ0n) is 9.61. The third-order valence-electron chi connectivity index (χ3n) is 3.10. The van der Waals surface area contributed by atoms with Gasteiger partial charge >= 0.3 is 0 Å². The summed E-state index contributed by atoms with van der Waals surface area (Å²) in [7, 11) is 0. The molecule has 0 aromatic heterocycles. The van der Waals surface area contributed by atoms with Crippen LogP contribution in [0.15, 0.2) is 42.0 Å². The van der Waals surface area contributed by atoms with Crippen molar-refractivity contribution in [1.82, 2.24) is 0 Å². The summed E-state index contributed by atoms with van der Waals surface area (Å²) in [6.07, 6.45) is 8.03. The van der Waals surface area contributed by atoms with Crippen molar-refractivity contribution >= 4 is 5.78 Å². The van der Waals surface area contributed by atoms with Gasteiger partial charge < -0.3 is 0 Å². The first kappa shape index (κ1) is 11.1. The van der Waals surface area contributed by atoms with Gasteiger partial charge in [0.1, 0.15) is 5.78 Å². The quantitative estimate of drug-likeness (QED) is 0.542. The Morgan fingerprint density at radius 3 is 2.62 bits per heavy atom. The molecule has 0 N–H and O–H groups in total. The average molecular weight is 214 g/mol. The Balaban J connectivity index is 1.98. The van der Waals surface area contributed by atoms with Crippen LogP contribution in [0.4, 0.5) is 0 Å². The Hall–Kier alpha value is -1.37. The van der Waals surface area contributed by atoms with Crippen molar-refractivity contribution in [1.29, 1.82) is 0 Å². The van der Waals surface area contributed by atoms with Crippen LogP contribution < -0.4 is 0 Å². The molecule has 1 saturated carbocycles. The Labute approximate surface area is 97.2 Å². The number of Topliss-reactive ketones (excluding diaryl/α,β-unsaturated/α-hetero) is 1. The van der Waals surface area contributed by atoms with Gasteiger partial charge in [-0.15, -0.1) is 0 Å². The topological polar surface area (TPSA) is 17.1 Å². The van der Waals surface area contributed by atoms with Crippen LogP contribution in [0.1, 0.15) is 37.7 Å². The second-order valence-electron chi connectivity index (χ2n) is 4.47. The normalized spacial score (nSPS) is 19.8. The van der Waals surface area contributed by atoms with Crippen molar-refractivity contribution in [3.8, 4) is 0 Å². The molecule has 0 amide bonds. The SMILES string of the molecule is O=C1CCCC/C(=C/Cc2ccccc2)C1. The van der Waals surface area contributed by atoms with Crippen molar-refractivity contribution in [2.75, 3.05) is 0 Å². The molecule has 1 nitrogen and oxygen atoms in total. The van der Waals surface area contributed by atoms with Gasteiger partial charge in [0.15, 0.2) is 0 Å². The van der Waals surface area contributed by atoms with Crippen molar-refractivity contribution in [2.45, 2.75) is 38.5 Å². The molecule has 0 atom stereocenters. The van der Waals surface area contributed by atoms with Gasteiger partial charge in [-0.1, -0.05) is 42.0 Å². The van der Waals surface area contributed by atoms with Crippen molar-refractivity contribution in [2.24, 2.45) is 0 Å². The third-order valence-corrected chi connectivity index (χ3v) is 3.10. The van der Waals surface area contributed by atoms with Crippen molar-refractivity contribution < 1.29 is 4.79 Å². The first-order valence-electron chi connectivity index (χ1n) is 6.08. The number of carbonyl (C=O) groups excluding carboxylic acids is 1. The third kappa shape index (κ3) is 3.34. The smallest absolute Gasteiger partial charge is 0.136 e. The largest absolute Gasteiger partial charge is 0.299 e. The molecular weight excluding hydrogens is 196 g/mol. The minimum atomic E-state index is 0.414. The molecule has 0 saturated heterocycles. The molecule has 0 heterocycles. The van der Waals surface area contributed by atoms with E-state index in [-0.39, 0.29) is 0 Å². The van der Waals surface area contributed by atoms with Gasteiger partial charge in [-0.25, -0.2) is 0 Å². The summed E-state index contributed by atoms with van der Waals surface area (Å²) in [4.78, 5) is 11.5. The Kier molecular flexibility index (Phi) is 3.92. The zero-order chi connectivity index (χ0) is 11.2. The fourth-order valence-corrected chi connectivity index (χ4v) is 2.15. The maximum Gasteiger partial charge on any atom is 0.136 e. The van der Waals surface area contributed by atoms with Crippen LogP contribution >= 0.6 is 0 Å². The predicted molar refractivity (Wildman–Crippen MR) is 66.3 cm³/mol. The lowest BCUT2D eigenvalue weighted by atomic mass is 10.0. The highest BCUT2D eigenvalue weighted by molar-refractivity contribution is 5.81. The molecular formula is C15H18O. The molecule has 2 rings (SSSR count). The highest BCUT2D eigenvalue weighted by Gasteiger charge is 2.10. The number of benzene rings is 1. The van der Waals surface area contributed by atoms with E-state index in [1.54, 1.807) is 0 Å². The maximum atomic E-state index is 11.5. The summed E-state index contributed by atoms with van der Waals surface area (Å²) in [5.74, 6) is 0.414. The minimum Gasteiger partial charge on any atom is -0.299 e. The number of ketones is 1. The van der Waals surface area contributed by atoms with Crippen LogP contribution in [0.3, 0.4) is 0 Å². The first-order valence-corrected chi connectivity index (χ1v) is 6.08. The van der Waals surface area contributed by atoms with Gasteiger partial charge in [-0.2, -0.15) is 0 Å². The van der Waals surface area contributed by atoms with E-state index in [2.05, 4.69) is 30.3 Å². The highest BCUT2D eigenvalue weighted by atomic mass is 16.1. The predicted octanol–water partition coefficient (Wildman–Crippen LogP) is 3.69. The molecule has 0 unspecified atom stereocenters. The second-order valence-corrected chi connectivity index (χ2v) is 4.47. The van der Waals surface area contributed by atoms with Crippen LogP contribution in [0.25, 0.3) is 0 Å². The van der Waals surface area contributed by atoms with Crippen LogP contribution in [0.2, 0.25) is 0 Å². The fourth-order valence-electron chi connectivity index (χ4n) is 2.15. The van der Waals surface area contributed by atoms with Crippen LogP contribution in [-0.4, -0.2) is 5.78 Å². The second kappa shape index (κ2) is 5.64. The summed E-state index contributed by atoms with van der Waals surface area (Å²) in [5.41, 5.74) is 2.66. The van der Waals surface area contributed by atoms with Crippen molar-refractivity contribution in [3.63, 3.8) is 0 Å². The van der Waals surface area contributed by atoms with Crippen LogP contribution in [-0.2, 0) is 11.2 Å². The molecule has 1 fully saturated rings. The van der Waals surface area contributed by atoms with E-state index in [9.17, 15) is 4.79 Å². The van der Waals surface area contributed by atoms with Gasteiger partial charge in [-0.05, 0) is 31.2 Å². The summed E-state index contributed by atoms with van der Waals surface area (Å²) in [5, 5.41) is 0. The van der Waals surface area contributed by atoms with Crippen LogP contribution in [0.5, 0.6) is 0 Å². The van der Waals surface area contributed by atoms with E-state index < -0.39 is 0 Å². The lowest BCUT2D eigenvalue weighted by molar-refractivity contribution is -0.118. The number of hydrogen-bond donors (Lipinski definition) is 0. The number of carbonyl (C=O) groups is 1. The van der Waals surface area contributed by atoms with E-state index in [0.717, 1.165) is 25.7 Å². The van der Waals surface area contributed by atoms with Gasteiger partial charge in [0.25, 0.3) is 0 Å². The minimum absolute atomic E-state index is 0.414. The molecule has 16 heavy (non-hydrogen) atoms. The van der Waals surface area contributed by atoms with Gasteiger partial charge in [0, 0.05) is 12.8 Å². The van der Waals surface area contributed by atoms with E-state index in [0.29, 0.717) is 12.2 Å². The Bertz CT molecular complexity index is 376. The molecule has 0 spiro atoms. The van der Waals surface area contributed by atoms with E-state index >= 15 is 0 Å². The molecule has 1 heteroatoms. The Morgan fingerprint density at radius 1 is 1.06 bits per heavy atom. The molecule has 1 aromatic rings. The average Bonchev–Trinajstić information content (AvgIpc) is 2.52. The molecule has 1 aliphatic rings. The standard InChI is InChI=1S/C15H18O/c16-15-9-5-4-8-14(12-15)11-10-13-6-2-1-3-7-13/h1-3,6-7,11H,4-5,8-10,12H2/b14-11-. The lowest BCUT2D eigenvalue weighted by Crippen LogP contribution is -1.95. The number of allylic oxidation sites excluding steroid dienone is 2. The summed E-state index contributed by atoms with van der Waals surface area (Å²) >= 11 is 0. The molecule has 0 radical (unpaired) electrons. The molecule has 0 aliphatic heterocycles. The molecule has 1 aromatic carbocycles. The summed E-state index contributed by atoms with van der Waals surface area (Å²) in [6, 6.07) is 10.4. The first-order chi connectivity index (χ1) is 7.84. The van der Waals surface area contributed by atoms with E-state index in [1.807, 2.05) is 6.07 Å². The molecule has 84 valence electrons. The highest BCUT2D eigenvalue weighted by Crippen LogP contribution is 2.20. The van der Waals surface area contributed by atoms with E-state index in [4.69, 9.17) is 0 Å². The number of hydrogen-bond acceptors (Lipinski definition) is 1. The van der Waals surface area contributed by atoms with Gasteiger partial charge in [0.2, 0.25) is 0 Å². The van der Waals surface area contributed by atoms with E-state index in [1.165, 1.54) is 17.6 Å². The maximum absolute atomic E-state index is 11.5. The number of rotatable bonds is 2.